The van der Waals surface area contributed by atoms with Gasteiger partial charge in [-0.3, -0.25) is 0 Å². The minimum atomic E-state index is -0.0793. The molecule has 0 aromatic heterocycles. The summed E-state index contributed by atoms with van der Waals surface area (Å²) in [6.07, 6.45) is 2.29. The number of nitrogens with one attached hydrogen (secondary N) is 1. The van der Waals surface area contributed by atoms with Crippen LogP contribution in [0.15, 0.2) is 24.3 Å². The summed E-state index contributed by atoms with van der Waals surface area (Å²) in [5, 5.41) is 12.4. The van der Waals surface area contributed by atoms with E-state index < -0.39 is 0 Å². The Kier molecular flexibility index (Phi) is 7.41. The predicted molar refractivity (Wildman–Crippen MR) is 82.1 cm³/mol. The van der Waals surface area contributed by atoms with Crippen LogP contribution >= 0.6 is 11.6 Å². The zero-order chi connectivity index (χ0) is 15.0. The number of benzene rings is 1. The van der Waals surface area contributed by atoms with Crippen molar-refractivity contribution in [1.82, 2.24) is 10.2 Å². The van der Waals surface area contributed by atoms with Crippen molar-refractivity contribution in [3.63, 3.8) is 0 Å². The highest BCUT2D eigenvalue weighted by Gasteiger charge is 2.11. The van der Waals surface area contributed by atoms with Crippen molar-refractivity contribution in [1.29, 1.82) is 0 Å². The van der Waals surface area contributed by atoms with E-state index in [4.69, 9.17) is 16.7 Å². The number of hydrogen-bond acceptors (Lipinski definition) is 2. The molecular formula is C15H23ClN2O2. The molecule has 1 aromatic rings. The highest BCUT2D eigenvalue weighted by atomic mass is 35.5. The standard InChI is InChI=1S/C15H23ClN2O2/c1-12(4-3-11-19)17-15(20)18(2)10-9-13-5-7-14(16)8-6-13/h5-8,12,19H,3-4,9-11H2,1-2H3,(H,17,20). The minimum absolute atomic E-state index is 0.0765. The van der Waals surface area contributed by atoms with Gasteiger partial charge in [-0.2, -0.15) is 0 Å². The Labute approximate surface area is 125 Å². The summed E-state index contributed by atoms with van der Waals surface area (Å²) in [4.78, 5) is 13.6. The van der Waals surface area contributed by atoms with Crippen LogP contribution in [0, 0.1) is 0 Å². The summed E-state index contributed by atoms with van der Waals surface area (Å²) >= 11 is 5.83. The Bertz CT molecular complexity index is 409. The summed E-state index contributed by atoms with van der Waals surface area (Å²) in [6.45, 7) is 2.76. The average Bonchev–Trinajstić information content (AvgIpc) is 2.44. The molecule has 1 unspecified atom stereocenters. The fourth-order valence-electron chi connectivity index (χ4n) is 1.84. The van der Waals surface area contributed by atoms with Crippen molar-refractivity contribution >= 4 is 17.6 Å². The Morgan fingerprint density at radius 3 is 2.65 bits per heavy atom. The lowest BCUT2D eigenvalue weighted by Gasteiger charge is -2.21. The molecule has 0 heterocycles. The number of halogens is 1. The van der Waals surface area contributed by atoms with Crippen LogP contribution in [0.25, 0.3) is 0 Å². The molecule has 20 heavy (non-hydrogen) atoms. The van der Waals surface area contributed by atoms with Crippen LogP contribution in [-0.4, -0.2) is 42.3 Å². The number of carbonyl (C=O) groups excluding carboxylic acids is 1. The Morgan fingerprint density at radius 2 is 2.05 bits per heavy atom. The van der Waals surface area contributed by atoms with E-state index in [1.54, 1.807) is 11.9 Å². The van der Waals surface area contributed by atoms with Gasteiger partial charge < -0.3 is 15.3 Å². The van der Waals surface area contributed by atoms with Crippen LogP contribution in [0.4, 0.5) is 4.79 Å². The van der Waals surface area contributed by atoms with Gasteiger partial charge in [-0.1, -0.05) is 23.7 Å². The number of urea groups is 1. The van der Waals surface area contributed by atoms with Crippen LogP contribution in [0.1, 0.15) is 25.3 Å². The molecule has 0 aliphatic carbocycles. The molecule has 112 valence electrons. The molecule has 1 aromatic carbocycles. The molecule has 0 fully saturated rings. The summed E-state index contributed by atoms with van der Waals surface area (Å²) in [5.41, 5.74) is 1.15. The first kappa shape index (κ1) is 16.8. The van der Waals surface area contributed by atoms with Gasteiger partial charge in [0.2, 0.25) is 0 Å². The van der Waals surface area contributed by atoms with Crippen LogP contribution in [0.3, 0.4) is 0 Å². The molecule has 0 bridgehead atoms. The van der Waals surface area contributed by atoms with E-state index in [1.807, 2.05) is 31.2 Å². The molecule has 0 spiro atoms. The third kappa shape index (κ3) is 6.26. The van der Waals surface area contributed by atoms with E-state index in [0.717, 1.165) is 23.4 Å². The zero-order valence-corrected chi connectivity index (χ0v) is 12.9. The third-order valence-electron chi connectivity index (χ3n) is 3.16. The minimum Gasteiger partial charge on any atom is -0.396 e. The number of rotatable bonds is 7. The molecule has 2 amide bonds. The number of aliphatic hydroxyl groups excluding tert-OH is 1. The van der Waals surface area contributed by atoms with Crippen molar-refractivity contribution in [3.8, 4) is 0 Å². The third-order valence-corrected chi connectivity index (χ3v) is 3.41. The molecule has 0 aliphatic rings. The van der Waals surface area contributed by atoms with E-state index in [9.17, 15) is 4.79 Å². The molecule has 1 atom stereocenters. The zero-order valence-electron chi connectivity index (χ0n) is 12.1. The molecule has 2 N–H and O–H groups in total. The molecule has 0 saturated heterocycles. The monoisotopic (exact) mass is 298 g/mol. The van der Waals surface area contributed by atoms with Crippen molar-refractivity contribution in [3.05, 3.63) is 34.9 Å². The second-order valence-corrected chi connectivity index (χ2v) is 5.45. The molecule has 5 heteroatoms. The number of nitrogens with zero attached hydrogens (tertiary/aromatic N) is 1. The average molecular weight is 299 g/mol. The van der Waals surface area contributed by atoms with Gasteiger partial charge in [-0.25, -0.2) is 4.79 Å². The predicted octanol–water partition coefficient (Wildman–Crippen LogP) is 2.68. The first-order valence-corrected chi connectivity index (χ1v) is 7.27. The molecule has 1 rings (SSSR count). The highest BCUT2D eigenvalue weighted by Crippen LogP contribution is 2.10. The van der Waals surface area contributed by atoms with Crippen LogP contribution in [0.5, 0.6) is 0 Å². The summed E-state index contributed by atoms with van der Waals surface area (Å²) in [7, 11) is 1.78. The maximum absolute atomic E-state index is 11.9. The first-order chi connectivity index (χ1) is 9.52. The van der Waals surface area contributed by atoms with Gasteiger partial charge in [0.25, 0.3) is 0 Å². The smallest absolute Gasteiger partial charge is 0.317 e. The second-order valence-electron chi connectivity index (χ2n) is 5.01. The Hall–Kier alpha value is -1.26. The summed E-state index contributed by atoms with van der Waals surface area (Å²) < 4.78 is 0. The molecule has 4 nitrogen and oxygen atoms in total. The fraction of sp³-hybridized carbons (Fsp3) is 0.533. The quantitative estimate of drug-likeness (QED) is 0.813. The largest absolute Gasteiger partial charge is 0.396 e. The second kappa shape index (κ2) is 8.82. The van der Waals surface area contributed by atoms with Crippen molar-refractivity contribution < 1.29 is 9.90 Å². The van der Waals surface area contributed by atoms with Gasteiger partial charge in [-0.15, -0.1) is 0 Å². The van der Waals surface area contributed by atoms with E-state index in [0.29, 0.717) is 13.0 Å². The maximum atomic E-state index is 11.9. The van der Waals surface area contributed by atoms with Crippen LogP contribution in [0.2, 0.25) is 5.02 Å². The molecular weight excluding hydrogens is 276 g/mol. The van der Waals surface area contributed by atoms with Crippen LogP contribution in [-0.2, 0) is 6.42 Å². The van der Waals surface area contributed by atoms with Crippen molar-refractivity contribution in [2.24, 2.45) is 0 Å². The number of likely N-dealkylation sites (N-methyl/N-ethyl adjacent to an activating group) is 1. The van der Waals surface area contributed by atoms with Crippen molar-refractivity contribution in [2.45, 2.75) is 32.2 Å². The molecule has 0 radical (unpaired) electrons. The Balaban J connectivity index is 2.32. The summed E-state index contributed by atoms with van der Waals surface area (Å²) in [6, 6.07) is 7.65. The lowest BCUT2D eigenvalue weighted by atomic mass is 10.1. The van der Waals surface area contributed by atoms with Crippen LogP contribution < -0.4 is 5.32 Å². The highest BCUT2D eigenvalue weighted by molar-refractivity contribution is 6.30. The lowest BCUT2D eigenvalue weighted by Crippen LogP contribution is -2.42. The van der Waals surface area contributed by atoms with Gasteiger partial charge in [0, 0.05) is 31.3 Å². The normalized spacial score (nSPS) is 12.0. The van der Waals surface area contributed by atoms with E-state index in [-0.39, 0.29) is 18.7 Å². The summed E-state index contributed by atoms with van der Waals surface area (Å²) in [5.74, 6) is 0. The van der Waals surface area contributed by atoms with E-state index in [2.05, 4.69) is 5.32 Å². The van der Waals surface area contributed by atoms with Crippen molar-refractivity contribution in [2.75, 3.05) is 20.2 Å². The van der Waals surface area contributed by atoms with Gasteiger partial charge in [0.05, 0.1) is 0 Å². The number of amides is 2. The van der Waals surface area contributed by atoms with Gasteiger partial charge in [0.1, 0.15) is 0 Å². The SMILES string of the molecule is CC(CCCO)NC(=O)N(C)CCc1ccc(Cl)cc1. The van der Waals surface area contributed by atoms with Gasteiger partial charge in [0.15, 0.2) is 0 Å². The fourth-order valence-corrected chi connectivity index (χ4v) is 1.97. The first-order valence-electron chi connectivity index (χ1n) is 6.90. The number of aliphatic hydroxyl groups is 1. The molecule has 0 saturated carbocycles. The van der Waals surface area contributed by atoms with E-state index in [1.165, 1.54) is 0 Å². The topological polar surface area (TPSA) is 52.6 Å². The lowest BCUT2D eigenvalue weighted by molar-refractivity contribution is 0.203. The maximum Gasteiger partial charge on any atom is 0.317 e. The number of hydrogen-bond donors (Lipinski definition) is 2. The molecule has 0 aliphatic heterocycles. The Morgan fingerprint density at radius 1 is 1.40 bits per heavy atom. The number of carbonyl (C=O) groups is 1. The van der Waals surface area contributed by atoms with Gasteiger partial charge in [-0.05, 0) is 43.9 Å². The van der Waals surface area contributed by atoms with Gasteiger partial charge >= 0.3 is 6.03 Å². The van der Waals surface area contributed by atoms with E-state index >= 15 is 0 Å².